The number of methoxy groups -OCH3 is 1. The third-order valence-electron chi connectivity index (χ3n) is 4.60. The molecule has 0 spiro atoms. The first-order chi connectivity index (χ1) is 13.1. The lowest BCUT2D eigenvalue weighted by Crippen LogP contribution is -2.45. The van der Waals surface area contributed by atoms with Crippen molar-refractivity contribution in [1.29, 1.82) is 0 Å². The number of hydrogen-bond donors (Lipinski definition) is 0. The van der Waals surface area contributed by atoms with E-state index in [1.54, 1.807) is 6.08 Å². The van der Waals surface area contributed by atoms with E-state index >= 15 is 0 Å². The van der Waals surface area contributed by atoms with Gasteiger partial charge in [0.1, 0.15) is 6.61 Å². The van der Waals surface area contributed by atoms with Crippen LogP contribution in [0.5, 0.6) is 0 Å². The molecule has 1 aromatic rings. The van der Waals surface area contributed by atoms with Gasteiger partial charge in [0.15, 0.2) is 0 Å². The standard InChI is InChI=1S/C21H27NO5/c1-26-19(23)14-8-3-2-7-12-18-13-9-15-22(20(18)24)21(25)27-16-17-10-5-4-6-11-17/h4-6,8,10-11,14,18H,2-3,7,9,12-13,15-16H2,1H3/b14-8+. The zero-order valence-corrected chi connectivity index (χ0v) is 15.8. The molecule has 0 aliphatic carbocycles. The lowest BCUT2D eigenvalue weighted by Gasteiger charge is -2.30. The highest BCUT2D eigenvalue weighted by Crippen LogP contribution is 2.24. The molecule has 0 saturated carbocycles. The first-order valence-electron chi connectivity index (χ1n) is 9.38. The molecule has 6 nitrogen and oxygen atoms in total. The second kappa shape index (κ2) is 11.2. The summed E-state index contributed by atoms with van der Waals surface area (Å²) < 4.78 is 9.82. The minimum atomic E-state index is -0.561. The number of allylic oxidation sites excluding steroid dienone is 1. The quantitative estimate of drug-likeness (QED) is 0.393. The van der Waals surface area contributed by atoms with Crippen molar-refractivity contribution in [1.82, 2.24) is 4.90 Å². The molecule has 2 rings (SSSR count). The van der Waals surface area contributed by atoms with E-state index in [0.29, 0.717) is 6.54 Å². The smallest absolute Gasteiger partial charge is 0.416 e. The third-order valence-corrected chi connectivity index (χ3v) is 4.60. The maximum atomic E-state index is 12.6. The number of carbonyl (C=O) groups excluding carboxylic acids is 3. The topological polar surface area (TPSA) is 72.9 Å². The van der Waals surface area contributed by atoms with Crippen molar-refractivity contribution < 1.29 is 23.9 Å². The summed E-state index contributed by atoms with van der Waals surface area (Å²) in [7, 11) is 1.35. The molecule has 0 N–H and O–H groups in total. The van der Waals surface area contributed by atoms with E-state index in [0.717, 1.165) is 44.1 Å². The van der Waals surface area contributed by atoms with E-state index in [-0.39, 0.29) is 24.4 Å². The Morgan fingerprint density at radius 2 is 2.00 bits per heavy atom. The van der Waals surface area contributed by atoms with Gasteiger partial charge in [0.25, 0.3) is 0 Å². The zero-order chi connectivity index (χ0) is 19.5. The van der Waals surface area contributed by atoms with Gasteiger partial charge in [-0.1, -0.05) is 42.8 Å². The first-order valence-corrected chi connectivity index (χ1v) is 9.38. The molecule has 1 aliphatic rings. The van der Waals surface area contributed by atoms with Crippen LogP contribution < -0.4 is 0 Å². The maximum absolute atomic E-state index is 12.6. The predicted molar refractivity (Wildman–Crippen MR) is 101 cm³/mol. The molecule has 0 radical (unpaired) electrons. The van der Waals surface area contributed by atoms with Crippen molar-refractivity contribution in [2.24, 2.45) is 5.92 Å². The van der Waals surface area contributed by atoms with Gasteiger partial charge in [-0.25, -0.2) is 14.5 Å². The maximum Gasteiger partial charge on any atom is 0.416 e. The Kier molecular flexibility index (Phi) is 8.55. The molecule has 0 bridgehead atoms. The number of likely N-dealkylation sites (tertiary alicyclic amines) is 1. The molecule has 1 fully saturated rings. The van der Waals surface area contributed by atoms with Gasteiger partial charge in [-0.05, 0) is 37.7 Å². The summed E-state index contributed by atoms with van der Waals surface area (Å²) in [6.07, 6.45) is 7.50. The molecule has 1 aromatic carbocycles. The van der Waals surface area contributed by atoms with Gasteiger partial charge in [0.2, 0.25) is 5.91 Å². The van der Waals surface area contributed by atoms with Gasteiger partial charge in [0, 0.05) is 18.5 Å². The van der Waals surface area contributed by atoms with Crippen LogP contribution >= 0.6 is 0 Å². The van der Waals surface area contributed by atoms with Crippen LogP contribution in [0.2, 0.25) is 0 Å². The number of carbonyl (C=O) groups is 3. The van der Waals surface area contributed by atoms with Gasteiger partial charge < -0.3 is 9.47 Å². The summed E-state index contributed by atoms with van der Waals surface area (Å²) in [5.41, 5.74) is 0.895. The fourth-order valence-corrected chi connectivity index (χ4v) is 3.10. The van der Waals surface area contributed by atoms with Gasteiger partial charge >= 0.3 is 12.1 Å². The van der Waals surface area contributed by atoms with E-state index in [9.17, 15) is 14.4 Å². The summed E-state index contributed by atoms with van der Waals surface area (Å²) >= 11 is 0. The molecule has 1 heterocycles. The molecule has 27 heavy (non-hydrogen) atoms. The van der Waals surface area contributed by atoms with E-state index in [2.05, 4.69) is 4.74 Å². The van der Waals surface area contributed by atoms with Crippen LogP contribution in [0.15, 0.2) is 42.5 Å². The van der Waals surface area contributed by atoms with E-state index < -0.39 is 6.09 Å². The predicted octanol–water partition coefficient (Wildman–Crippen LogP) is 3.85. The molecule has 1 unspecified atom stereocenters. The van der Waals surface area contributed by atoms with Crippen LogP contribution in [-0.4, -0.2) is 36.5 Å². The highest BCUT2D eigenvalue weighted by Gasteiger charge is 2.33. The van der Waals surface area contributed by atoms with Crippen molar-refractivity contribution in [3.8, 4) is 0 Å². The number of hydrogen-bond acceptors (Lipinski definition) is 5. The monoisotopic (exact) mass is 373 g/mol. The minimum absolute atomic E-state index is 0.132. The van der Waals surface area contributed by atoms with Gasteiger partial charge in [-0.3, -0.25) is 4.79 Å². The number of nitrogens with zero attached hydrogens (tertiary/aromatic N) is 1. The molecule has 1 aliphatic heterocycles. The number of rotatable bonds is 8. The number of benzene rings is 1. The average Bonchev–Trinajstić information content (AvgIpc) is 2.70. The van der Waals surface area contributed by atoms with Crippen LogP contribution in [0, 0.1) is 5.92 Å². The fourth-order valence-electron chi connectivity index (χ4n) is 3.10. The van der Waals surface area contributed by atoms with E-state index in [1.807, 2.05) is 30.3 Å². The first kappa shape index (κ1) is 20.7. The molecule has 146 valence electrons. The molecule has 1 atom stereocenters. The fraction of sp³-hybridized carbons (Fsp3) is 0.476. The Labute approximate surface area is 160 Å². The lowest BCUT2D eigenvalue weighted by atomic mass is 9.92. The van der Waals surface area contributed by atoms with Gasteiger partial charge in [-0.2, -0.15) is 0 Å². The number of amides is 2. The third kappa shape index (κ3) is 6.89. The summed E-state index contributed by atoms with van der Waals surface area (Å²) in [5.74, 6) is -0.626. The highest BCUT2D eigenvalue weighted by atomic mass is 16.6. The van der Waals surface area contributed by atoms with Crippen LogP contribution in [-0.2, 0) is 25.7 Å². The number of imide groups is 1. The van der Waals surface area contributed by atoms with Crippen molar-refractivity contribution in [2.45, 2.75) is 45.1 Å². The van der Waals surface area contributed by atoms with Crippen LogP contribution in [0.25, 0.3) is 0 Å². The SMILES string of the molecule is COC(=O)/C=C/CCCCC1CCCN(C(=O)OCc2ccccc2)C1=O. The normalized spacial score (nSPS) is 17.1. The van der Waals surface area contributed by atoms with Crippen molar-refractivity contribution >= 4 is 18.0 Å². The van der Waals surface area contributed by atoms with Crippen LogP contribution in [0.4, 0.5) is 4.79 Å². The van der Waals surface area contributed by atoms with Crippen molar-refractivity contribution in [3.63, 3.8) is 0 Å². The van der Waals surface area contributed by atoms with E-state index in [1.165, 1.54) is 18.1 Å². The van der Waals surface area contributed by atoms with Crippen molar-refractivity contribution in [2.75, 3.05) is 13.7 Å². The Balaban J connectivity index is 1.73. The second-order valence-corrected chi connectivity index (χ2v) is 6.58. The lowest BCUT2D eigenvalue weighted by molar-refractivity contribution is -0.137. The summed E-state index contributed by atoms with van der Waals surface area (Å²) in [4.78, 5) is 37.1. The molecular formula is C21H27NO5. The Hall–Kier alpha value is -2.63. The van der Waals surface area contributed by atoms with Crippen LogP contribution in [0.1, 0.15) is 44.1 Å². The zero-order valence-electron chi connectivity index (χ0n) is 15.8. The molecule has 0 aromatic heterocycles. The Bertz CT molecular complexity index is 656. The number of piperidine rings is 1. The number of ether oxygens (including phenoxy) is 2. The van der Waals surface area contributed by atoms with Crippen molar-refractivity contribution in [3.05, 3.63) is 48.0 Å². The average molecular weight is 373 g/mol. The number of esters is 1. The summed E-state index contributed by atoms with van der Waals surface area (Å²) in [6, 6.07) is 9.41. The van der Waals surface area contributed by atoms with Gasteiger partial charge in [-0.15, -0.1) is 0 Å². The summed E-state index contributed by atoms with van der Waals surface area (Å²) in [5, 5.41) is 0. The minimum Gasteiger partial charge on any atom is -0.466 e. The summed E-state index contributed by atoms with van der Waals surface area (Å²) in [6.45, 7) is 0.589. The highest BCUT2D eigenvalue weighted by molar-refractivity contribution is 5.93. The molecule has 6 heteroatoms. The molecular weight excluding hydrogens is 346 g/mol. The Morgan fingerprint density at radius 3 is 2.74 bits per heavy atom. The number of unbranched alkanes of at least 4 members (excludes halogenated alkanes) is 2. The largest absolute Gasteiger partial charge is 0.466 e. The Morgan fingerprint density at radius 1 is 1.22 bits per heavy atom. The van der Waals surface area contributed by atoms with E-state index in [4.69, 9.17) is 4.74 Å². The second-order valence-electron chi connectivity index (χ2n) is 6.58. The molecule has 1 saturated heterocycles. The molecule has 2 amide bonds. The van der Waals surface area contributed by atoms with Crippen LogP contribution in [0.3, 0.4) is 0 Å². The van der Waals surface area contributed by atoms with Gasteiger partial charge in [0.05, 0.1) is 7.11 Å².